The Balaban J connectivity index is 1.90. The van der Waals surface area contributed by atoms with Crippen LogP contribution in [0, 0.1) is 6.92 Å². The molecule has 3 rings (SSSR count). The maximum atomic E-state index is 12.9. The van der Waals surface area contributed by atoms with E-state index >= 15 is 0 Å². The molecule has 0 unspecified atom stereocenters. The van der Waals surface area contributed by atoms with Crippen molar-refractivity contribution in [2.24, 2.45) is 14.1 Å². The smallest absolute Gasteiger partial charge is 0.310 e. The van der Waals surface area contributed by atoms with E-state index in [-0.39, 0.29) is 10.4 Å². The largest absolute Gasteiger partial charge is 0.316 e. The molecule has 10 nitrogen and oxygen atoms in total. The summed E-state index contributed by atoms with van der Waals surface area (Å²) in [4.78, 5) is 40.3. The number of aromatic nitrogens is 3. The minimum Gasteiger partial charge on any atom is -0.310 e. The van der Waals surface area contributed by atoms with Crippen LogP contribution in [0.2, 0.25) is 0 Å². The number of nitrogens with zero attached hydrogens (tertiary/aromatic N) is 4. The zero-order valence-electron chi connectivity index (χ0n) is 16.9. The van der Waals surface area contributed by atoms with Gasteiger partial charge in [-0.3, -0.25) is 14.4 Å². The van der Waals surface area contributed by atoms with Gasteiger partial charge in [0.15, 0.2) is 0 Å². The minimum atomic E-state index is -4.03. The highest BCUT2D eigenvalue weighted by atomic mass is 32.2. The molecule has 0 aliphatic rings. The van der Waals surface area contributed by atoms with Crippen molar-refractivity contribution in [3.05, 3.63) is 62.8 Å². The third-order valence-electron chi connectivity index (χ3n) is 4.69. The van der Waals surface area contributed by atoms with Crippen LogP contribution < -0.4 is 16.4 Å². The van der Waals surface area contributed by atoms with Gasteiger partial charge in [-0.2, -0.15) is 4.31 Å². The molecule has 0 saturated heterocycles. The van der Waals surface area contributed by atoms with Crippen molar-refractivity contribution >= 4 is 32.8 Å². The highest BCUT2D eigenvalue weighted by Gasteiger charge is 2.24. The van der Waals surface area contributed by atoms with E-state index < -0.39 is 33.6 Å². The minimum absolute atomic E-state index is 0.104. The number of amides is 1. The van der Waals surface area contributed by atoms with Crippen LogP contribution in [0.3, 0.4) is 0 Å². The van der Waals surface area contributed by atoms with Gasteiger partial charge in [0.1, 0.15) is 5.82 Å². The monoisotopic (exact) mass is 431 g/mol. The van der Waals surface area contributed by atoms with Gasteiger partial charge in [-0.05, 0) is 37.3 Å². The van der Waals surface area contributed by atoms with Crippen LogP contribution in [0.25, 0.3) is 11.0 Å². The number of carbonyl (C=O) groups excluding carboxylic acids is 1. The van der Waals surface area contributed by atoms with Crippen LogP contribution in [-0.4, -0.2) is 46.3 Å². The van der Waals surface area contributed by atoms with E-state index in [1.54, 1.807) is 25.1 Å². The summed E-state index contributed by atoms with van der Waals surface area (Å²) in [5, 5.41) is 2.56. The number of aryl methyl sites for hydroxylation is 3. The van der Waals surface area contributed by atoms with Crippen LogP contribution in [0.5, 0.6) is 0 Å². The number of carbonyl (C=O) groups is 1. The summed E-state index contributed by atoms with van der Waals surface area (Å²) in [7, 11) is 0.0889. The van der Waals surface area contributed by atoms with Gasteiger partial charge in [0.25, 0.3) is 0 Å². The molecule has 0 radical (unpaired) electrons. The van der Waals surface area contributed by atoms with Gasteiger partial charge in [0.2, 0.25) is 15.9 Å². The van der Waals surface area contributed by atoms with Crippen LogP contribution >= 0.6 is 0 Å². The number of nitrogens with one attached hydrogen (secondary N) is 1. The van der Waals surface area contributed by atoms with Gasteiger partial charge >= 0.3 is 11.1 Å². The van der Waals surface area contributed by atoms with E-state index in [1.807, 2.05) is 0 Å². The van der Waals surface area contributed by atoms with E-state index in [4.69, 9.17) is 0 Å². The molecule has 0 bridgehead atoms. The zero-order valence-corrected chi connectivity index (χ0v) is 17.7. The van der Waals surface area contributed by atoms with Gasteiger partial charge < -0.3 is 14.5 Å². The fourth-order valence-corrected chi connectivity index (χ4v) is 4.13. The summed E-state index contributed by atoms with van der Waals surface area (Å²) in [6.45, 7) is 1.34. The summed E-state index contributed by atoms with van der Waals surface area (Å²) in [6.07, 6.45) is 0. The first-order valence-corrected chi connectivity index (χ1v) is 10.4. The Morgan fingerprint density at radius 1 is 1.07 bits per heavy atom. The first-order chi connectivity index (χ1) is 14.0. The highest BCUT2D eigenvalue weighted by molar-refractivity contribution is 7.89. The van der Waals surface area contributed by atoms with Crippen LogP contribution in [0.15, 0.2) is 50.9 Å². The Hall–Kier alpha value is -3.31. The van der Waals surface area contributed by atoms with Gasteiger partial charge in [0, 0.05) is 26.8 Å². The topological polar surface area (TPSA) is 123 Å². The number of pyridine rings is 1. The van der Waals surface area contributed by atoms with Crippen molar-refractivity contribution < 1.29 is 13.2 Å². The molecule has 158 valence electrons. The molecule has 2 aromatic heterocycles. The number of hydrogen-bond acceptors (Lipinski definition) is 6. The summed E-state index contributed by atoms with van der Waals surface area (Å²) in [5.41, 5.74) is -0.0704. The third-order valence-corrected chi connectivity index (χ3v) is 6.49. The third kappa shape index (κ3) is 3.89. The molecule has 0 aliphatic carbocycles. The maximum Gasteiger partial charge on any atom is 0.316 e. The molecule has 1 amide bonds. The Morgan fingerprint density at radius 2 is 1.70 bits per heavy atom. The second-order valence-electron chi connectivity index (χ2n) is 6.85. The first kappa shape index (κ1) is 21.4. The average Bonchev–Trinajstić information content (AvgIpc) is 2.70. The number of sulfonamides is 1. The average molecular weight is 431 g/mol. The second-order valence-corrected chi connectivity index (χ2v) is 8.90. The van der Waals surface area contributed by atoms with Gasteiger partial charge in [0.05, 0.1) is 22.5 Å². The molecule has 0 spiro atoms. The molecule has 3 aromatic rings. The number of benzene rings is 1. The molecule has 0 saturated carbocycles. The SMILES string of the molecule is Cc1cccc(NC(=O)CN(C)S(=O)(=O)c2ccc3c(c2)n(C)c(=O)c(=O)n3C)n1. The predicted octanol–water partition coefficient (Wildman–Crippen LogP) is 0.200. The summed E-state index contributed by atoms with van der Waals surface area (Å²) in [6, 6.07) is 9.20. The number of fused-ring (bicyclic) bond motifs is 1. The predicted molar refractivity (Wildman–Crippen MR) is 112 cm³/mol. The highest BCUT2D eigenvalue weighted by Crippen LogP contribution is 2.19. The molecule has 0 fully saturated rings. The Morgan fingerprint density at radius 3 is 2.33 bits per heavy atom. The molecular formula is C19H21N5O5S. The molecule has 0 atom stereocenters. The lowest BCUT2D eigenvalue weighted by Crippen LogP contribution is -2.39. The zero-order chi connectivity index (χ0) is 22.2. The quantitative estimate of drug-likeness (QED) is 0.576. The fraction of sp³-hybridized carbons (Fsp3) is 0.263. The Kier molecular flexibility index (Phi) is 5.59. The van der Waals surface area contributed by atoms with Gasteiger partial charge in [-0.25, -0.2) is 13.4 Å². The van der Waals surface area contributed by atoms with Crippen molar-refractivity contribution in [3.63, 3.8) is 0 Å². The fourth-order valence-electron chi connectivity index (χ4n) is 2.98. The molecule has 1 aromatic carbocycles. The van der Waals surface area contributed by atoms with Crippen LogP contribution in [-0.2, 0) is 28.9 Å². The molecule has 2 heterocycles. The van der Waals surface area contributed by atoms with Crippen molar-refractivity contribution in [3.8, 4) is 0 Å². The van der Waals surface area contributed by atoms with E-state index in [0.717, 1.165) is 8.87 Å². The first-order valence-electron chi connectivity index (χ1n) is 8.92. The molecule has 30 heavy (non-hydrogen) atoms. The summed E-state index contributed by atoms with van der Waals surface area (Å²) in [5.74, 6) is -0.220. The number of rotatable bonds is 5. The lowest BCUT2D eigenvalue weighted by atomic mass is 10.3. The molecule has 11 heteroatoms. The van der Waals surface area contributed by atoms with Gasteiger partial charge in [-0.15, -0.1) is 0 Å². The molecule has 1 N–H and O–H groups in total. The van der Waals surface area contributed by atoms with E-state index in [2.05, 4.69) is 10.3 Å². The van der Waals surface area contributed by atoms with Crippen molar-refractivity contribution in [2.45, 2.75) is 11.8 Å². The normalized spacial score (nSPS) is 11.8. The number of anilines is 1. The van der Waals surface area contributed by atoms with Gasteiger partial charge in [-0.1, -0.05) is 6.07 Å². The van der Waals surface area contributed by atoms with Crippen molar-refractivity contribution in [1.29, 1.82) is 0 Å². The summed E-state index contributed by atoms with van der Waals surface area (Å²) < 4.78 is 29.1. The Bertz CT molecular complexity index is 1370. The van der Waals surface area contributed by atoms with Crippen molar-refractivity contribution in [2.75, 3.05) is 18.9 Å². The van der Waals surface area contributed by atoms with E-state index in [1.165, 1.54) is 43.9 Å². The number of likely N-dealkylation sites (N-methyl/N-ethyl adjacent to an activating group) is 1. The molecule has 0 aliphatic heterocycles. The van der Waals surface area contributed by atoms with Crippen LogP contribution in [0.4, 0.5) is 5.82 Å². The second kappa shape index (κ2) is 7.84. The Labute approximate surface area is 172 Å². The standard InChI is InChI=1S/C19H21N5O5S/c1-12-6-5-7-16(20-12)21-17(25)11-22(2)30(28,29)13-8-9-14-15(10-13)24(4)19(27)18(26)23(14)3/h5-10H,11H2,1-4H3,(H,20,21,25). The summed E-state index contributed by atoms with van der Waals surface area (Å²) >= 11 is 0. The van der Waals surface area contributed by atoms with Crippen molar-refractivity contribution in [1.82, 2.24) is 18.4 Å². The number of hydrogen-bond donors (Lipinski definition) is 1. The lowest BCUT2D eigenvalue weighted by Gasteiger charge is -2.18. The maximum absolute atomic E-state index is 12.9. The van der Waals surface area contributed by atoms with E-state index in [9.17, 15) is 22.8 Å². The lowest BCUT2D eigenvalue weighted by molar-refractivity contribution is -0.116. The van der Waals surface area contributed by atoms with E-state index in [0.29, 0.717) is 17.0 Å². The molecular weight excluding hydrogens is 410 g/mol. The van der Waals surface area contributed by atoms with Crippen LogP contribution in [0.1, 0.15) is 5.69 Å².